The van der Waals surface area contributed by atoms with Gasteiger partial charge in [0, 0.05) is 44.4 Å². The molecular formula is C18H28N6O. The molecule has 25 heavy (non-hydrogen) atoms. The summed E-state index contributed by atoms with van der Waals surface area (Å²) in [6.07, 6.45) is 10.4. The van der Waals surface area contributed by atoms with Gasteiger partial charge in [0.15, 0.2) is 0 Å². The fourth-order valence-electron chi connectivity index (χ4n) is 3.42. The molecule has 7 heteroatoms. The highest BCUT2D eigenvalue weighted by Gasteiger charge is 2.29. The summed E-state index contributed by atoms with van der Waals surface area (Å²) in [6.45, 7) is 9.46. The second-order valence-corrected chi connectivity index (χ2v) is 7.34. The van der Waals surface area contributed by atoms with E-state index in [-0.39, 0.29) is 12.1 Å². The summed E-state index contributed by atoms with van der Waals surface area (Å²) in [5.41, 5.74) is 0. The van der Waals surface area contributed by atoms with Crippen LogP contribution >= 0.6 is 0 Å². The van der Waals surface area contributed by atoms with E-state index in [0.717, 1.165) is 25.3 Å². The van der Waals surface area contributed by atoms with Crippen LogP contribution in [0.3, 0.4) is 0 Å². The van der Waals surface area contributed by atoms with E-state index in [2.05, 4.69) is 45.2 Å². The Labute approximate surface area is 149 Å². The van der Waals surface area contributed by atoms with Crippen LogP contribution in [0.2, 0.25) is 0 Å². The van der Waals surface area contributed by atoms with Crippen LogP contribution in [0.4, 0.5) is 4.79 Å². The monoisotopic (exact) mass is 344 g/mol. The molecule has 0 aromatic carbocycles. The van der Waals surface area contributed by atoms with Crippen LogP contribution in [0.25, 0.3) is 0 Å². The number of nitrogens with one attached hydrogen (secondary N) is 1. The summed E-state index contributed by atoms with van der Waals surface area (Å²) in [6, 6.07) is 0.265. The van der Waals surface area contributed by atoms with Crippen LogP contribution in [0, 0.1) is 11.8 Å². The third kappa shape index (κ3) is 4.21. The number of imidazole rings is 2. The van der Waals surface area contributed by atoms with Crippen molar-refractivity contribution >= 4 is 6.03 Å². The van der Waals surface area contributed by atoms with Crippen molar-refractivity contribution in [2.45, 2.75) is 46.3 Å². The molecule has 7 nitrogen and oxygen atoms in total. The second kappa shape index (κ2) is 7.72. The molecule has 2 amide bonds. The number of likely N-dealkylation sites (tertiary alicyclic amines) is 1. The van der Waals surface area contributed by atoms with Crippen LogP contribution in [-0.2, 0) is 13.1 Å². The highest BCUT2D eigenvalue weighted by atomic mass is 16.2. The fourth-order valence-corrected chi connectivity index (χ4v) is 3.42. The first-order valence-corrected chi connectivity index (χ1v) is 9.04. The molecule has 0 saturated carbocycles. The Morgan fingerprint density at radius 1 is 1.36 bits per heavy atom. The minimum atomic E-state index is -0.0175. The SMILES string of the molecule is CC(C)Cn1ccnc1CNC(=O)N1CC[C@H](C)[C@@H](n2ccnc2)C1. The Hall–Kier alpha value is -2.31. The van der Waals surface area contributed by atoms with Crippen molar-refractivity contribution in [2.24, 2.45) is 11.8 Å². The normalized spacial score (nSPS) is 20.9. The summed E-state index contributed by atoms with van der Waals surface area (Å²) in [5, 5.41) is 3.03. The summed E-state index contributed by atoms with van der Waals surface area (Å²) in [7, 11) is 0. The number of hydrogen-bond donors (Lipinski definition) is 1. The molecule has 1 N–H and O–H groups in total. The first kappa shape index (κ1) is 17.5. The highest BCUT2D eigenvalue weighted by molar-refractivity contribution is 5.74. The summed E-state index contributed by atoms with van der Waals surface area (Å²) < 4.78 is 4.22. The molecule has 2 aromatic heterocycles. The zero-order valence-corrected chi connectivity index (χ0v) is 15.3. The summed E-state index contributed by atoms with van der Waals surface area (Å²) in [4.78, 5) is 23.0. The molecule has 1 aliphatic heterocycles. The molecule has 136 valence electrons. The first-order chi connectivity index (χ1) is 12.0. The van der Waals surface area contributed by atoms with E-state index in [1.54, 1.807) is 12.4 Å². The second-order valence-electron chi connectivity index (χ2n) is 7.34. The van der Waals surface area contributed by atoms with Gasteiger partial charge in [-0.3, -0.25) is 0 Å². The minimum Gasteiger partial charge on any atom is -0.333 e. The quantitative estimate of drug-likeness (QED) is 0.906. The molecule has 1 aliphatic rings. The lowest BCUT2D eigenvalue weighted by Gasteiger charge is -2.37. The van der Waals surface area contributed by atoms with Crippen molar-refractivity contribution < 1.29 is 4.79 Å². The van der Waals surface area contributed by atoms with E-state index in [4.69, 9.17) is 0 Å². The molecule has 0 radical (unpaired) electrons. The molecule has 0 unspecified atom stereocenters. The largest absolute Gasteiger partial charge is 0.333 e. The van der Waals surface area contributed by atoms with E-state index in [1.165, 1.54) is 0 Å². The van der Waals surface area contributed by atoms with Crippen LogP contribution in [0.1, 0.15) is 39.1 Å². The predicted molar refractivity (Wildman–Crippen MR) is 95.9 cm³/mol. The molecule has 1 saturated heterocycles. The lowest BCUT2D eigenvalue weighted by Crippen LogP contribution is -2.48. The van der Waals surface area contributed by atoms with Gasteiger partial charge in [-0.2, -0.15) is 0 Å². The minimum absolute atomic E-state index is 0.0175. The fraction of sp³-hybridized carbons (Fsp3) is 0.611. The van der Waals surface area contributed by atoms with Gasteiger partial charge in [0.1, 0.15) is 5.82 Å². The maximum atomic E-state index is 12.6. The van der Waals surface area contributed by atoms with Gasteiger partial charge in [-0.25, -0.2) is 14.8 Å². The number of aromatic nitrogens is 4. The number of piperidine rings is 1. The molecule has 0 aliphatic carbocycles. The van der Waals surface area contributed by atoms with Crippen molar-refractivity contribution in [3.8, 4) is 0 Å². The van der Waals surface area contributed by atoms with Crippen molar-refractivity contribution in [1.29, 1.82) is 0 Å². The number of nitrogens with zero attached hydrogens (tertiary/aromatic N) is 5. The van der Waals surface area contributed by atoms with Crippen molar-refractivity contribution in [1.82, 2.24) is 29.3 Å². The topological polar surface area (TPSA) is 68.0 Å². The molecule has 2 aromatic rings. The number of urea groups is 1. The average molecular weight is 344 g/mol. The van der Waals surface area contributed by atoms with Gasteiger partial charge in [-0.05, 0) is 18.3 Å². The number of hydrogen-bond acceptors (Lipinski definition) is 3. The van der Waals surface area contributed by atoms with E-state index in [1.807, 2.05) is 23.6 Å². The van der Waals surface area contributed by atoms with Crippen molar-refractivity contribution in [2.75, 3.05) is 13.1 Å². The maximum Gasteiger partial charge on any atom is 0.317 e. The number of amides is 2. The van der Waals surface area contributed by atoms with Gasteiger partial charge >= 0.3 is 6.03 Å². The Morgan fingerprint density at radius 2 is 2.20 bits per heavy atom. The van der Waals surface area contributed by atoms with Gasteiger partial charge in [-0.15, -0.1) is 0 Å². The maximum absolute atomic E-state index is 12.6. The summed E-state index contributed by atoms with van der Waals surface area (Å²) in [5.74, 6) is 1.98. The van der Waals surface area contributed by atoms with Gasteiger partial charge in [0.2, 0.25) is 0 Å². The Morgan fingerprint density at radius 3 is 2.92 bits per heavy atom. The van der Waals surface area contributed by atoms with Crippen molar-refractivity contribution in [3.05, 3.63) is 36.9 Å². The average Bonchev–Trinajstić information content (AvgIpc) is 3.24. The zero-order chi connectivity index (χ0) is 17.8. The van der Waals surface area contributed by atoms with Gasteiger partial charge in [-0.1, -0.05) is 20.8 Å². The Bertz CT molecular complexity index is 678. The van der Waals surface area contributed by atoms with Crippen LogP contribution < -0.4 is 5.32 Å². The Kier molecular flexibility index (Phi) is 5.40. The molecule has 0 spiro atoms. The van der Waals surface area contributed by atoms with Gasteiger partial charge in [0.25, 0.3) is 0 Å². The van der Waals surface area contributed by atoms with Crippen LogP contribution in [-0.4, -0.2) is 43.1 Å². The van der Waals surface area contributed by atoms with Crippen molar-refractivity contribution in [3.63, 3.8) is 0 Å². The first-order valence-electron chi connectivity index (χ1n) is 9.04. The Balaban J connectivity index is 1.57. The molecule has 3 heterocycles. The zero-order valence-electron chi connectivity index (χ0n) is 15.3. The third-order valence-corrected chi connectivity index (χ3v) is 4.87. The number of rotatable bonds is 5. The molecule has 2 atom stereocenters. The highest BCUT2D eigenvalue weighted by Crippen LogP contribution is 2.27. The van der Waals surface area contributed by atoms with Crippen LogP contribution in [0.15, 0.2) is 31.1 Å². The standard InChI is InChI=1S/C18H28N6O/c1-14(2)11-22-9-6-20-17(22)10-21-18(25)23-7-4-15(3)16(12-23)24-8-5-19-13-24/h5-6,8-9,13-16H,4,7,10-12H2,1-3H3,(H,21,25)/t15-,16-/m0/s1. The lowest BCUT2D eigenvalue weighted by atomic mass is 9.93. The van der Waals surface area contributed by atoms with Gasteiger partial charge in [0.05, 0.1) is 18.9 Å². The van der Waals surface area contributed by atoms with E-state index >= 15 is 0 Å². The summed E-state index contributed by atoms with van der Waals surface area (Å²) >= 11 is 0. The smallest absolute Gasteiger partial charge is 0.317 e. The van der Waals surface area contributed by atoms with E-state index in [9.17, 15) is 4.79 Å². The number of carbonyl (C=O) groups is 1. The van der Waals surface area contributed by atoms with E-state index in [0.29, 0.717) is 24.9 Å². The third-order valence-electron chi connectivity index (χ3n) is 4.87. The lowest BCUT2D eigenvalue weighted by molar-refractivity contribution is 0.139. The van der Waals surface area contributed by atoms with Gasteiger partial charge < -0.3 is 19.4 Å². The predicted octanol–water partition coefficient (Wildman–Crippen LogP) is 2.53. The molecular weight excluding hydrogens is 316 g/mol. The number of carbonyl (C=O) groups excluding carboxylic acids is 1. The molecule has 3 rings (SSSR count). The molecule has 1 fully saturated rings. The van der Waals surface area contributed by atoms with E-state index < -0.39 is 0 Å². The van der Waals surface area contributed by atoms with Crippen LogP contribution in [0.5, 0.6) is 0 Å². The molecule has 0 bridgehead atoms.